The van der Waals surface area contributed by atoms with Crippen LogP contribution in [0.3, 0.4) is 0 Å². The second kappa shape index (κ2) is 6.17. The molecular weight excluding hydrogens is 294 g/mol. The van der Waals surface area contributed by atoms with Gasteiger partial charge in [-0.2, -0.15) is 4.40 Å². The third-order valence-electron chi connectivity index (χ3n) is 4.22. The Hall–Kier alpha value is -3.13. The highest BCUT2D eigenvalue weighted by Gasteiger charge is 2.07. The molecule has 0 atom stereocenters. The average Bonchev–Trinajstić information content (AvgIpc) is 2.66. The zero-order valence-electron chi connectivity index (χ0n) is 13.5. The summed E-state index contributed by atoms with van der Waals surface area (Å²) in [5.74, 6) is 0.876. The molecular formula is C22H18NO+. The Morgan fingerprint density at radius 2 is 1.58 bits per heavy atom. The summed E-state index contributed by atoms with van der Waals surface area (Å²) in [4.78, 5) is 0. The number of para-hydroxylation sites is 1. The molecule has 0 saturated carbocycles. The van der Waals surface area contributed by atoms with Crippen LogP contribution in [-0.4, -0.2) is 7.11 Å². The number of nitrogens with zero attached hydrogens (tertiary/aromatic N) is 1. The van der Waals surface area contributed by atoms with Crippen molar-refractivity contribution in [2.75, 3.05) is 7.11 Å². The molecule has 2 aromatic heterocycles. The standard InChI is InChI=1S/C22H18NO/c1-24-21-12-8-17(9-13-21)6-7-18-14-15-23-20(16-18)11-10-19-4-2-3-5-22(19)23/h2-16H,1H3/q+1/b7-6+. The molecule has 2 heterocycles. The molecule has 0 aliphatic rings. The lowest BCUT2D eigenvalue weighted by molar-refractivity contribution is -0.481. The highest BCUT2D eigenvalue weighted by Crippen LogP contribution is 2.16. The van der Waals surface area contributed by atoms with Crippen molar-refractivity contribution in [3.63, 3.8) is 0 Å². The summed E-state index contributed by atoms with van der Waals surface area (Å²) >= 11 is 0. The normalized spacial score (nSPS) is 11.4. The second-order valence-corrected chi connectivity index (χ2v) is 5.75. The molecule has 4 rings (SSSR count). The maximum Gasteiger partial charge on any atom is 0.218 e. The predicted octanol–water partition coefficient (Wildman–Crippen LogP) is 4.76. The average molecular weight is 312 g/mol. The van der Waals surface area contributed by atoms with E-state index >= 15 is 0 Å². The Balaban J connectivity index is 1.69. The number of aromatic nitrogens is 1. The van der Waals surface area contributed by atoms with Gasteiger partial charge in [0.25, 0.3) is 0 Å². The third kappa shape index (κ3) is 2.74. The van der Waals surface area contributed by atoms with E-state index in [9.17, 15) is 0 Å². The van der Waals surface area contributed by atoms with Crippen LogP contribution < -0.4 is 9.14 Å². The Kier molecular flexibility index (Phi) is 3.72. The van der Waals surface area contributed by atoms with E-state index in [2.05, 4.69) is 83.4 Å². The highest BCUT2D eigenvalue weighted by molar-refractivity contribution is 5.78. The molecule has 4 aromatic rings. The van der Waals surface area contributed by atoms with Crippen LogP contribution >= 0.6 is 0 Å². The zero-order chi connectivity index (χ0) is 16.4. The van der Waals surface area contributed by atoms with E-state index in [4.69, 9.17) is 4.74 Å². The Labute approximate surface area is 141 Å². The molecule has 2 nitrogen and oxygen atoms in total. The van der Waals surface area contributed by atoms with Gasteiger partial charge in [-0.05, 0) is 35.4 Å². The first kappa shape index (κ1) is 14.5. The van der Waals surface area contributed by atoms with Gasteiger partial charge in [0.05, 0.1) is 7.11 Å². The number of hydrogen-bond donors (Lipinski definition) is 0. The molecule has 0 fully saturated rings. The van der Waals surface area contributed by atoms with Crippen molar-refractivity contribution in [2.24, 2.45) is 0 Å². The van der Waals surface area contributed by atoms with Crippen molar-refractivity contribution in [3.8, 4) is 5.75 Å². The number of rotatable bonds is 3. The molecule has 0 spiro atoms. The fourth-order valence-corrected chi connectivity index (χ4v) is 2.92. The van der Waals surface area contributed by atoms with Crippen molar-refractivity contribution in [2.45, 2.75) is 0 Å². The third-order valence-corrected chi connectivity index (χ3v) is 4.22. The Bertz CT molecular complexity index is 1030. The summed E-state index contributed by atoms with van der Waals surface area (Å²) in [5.41, 5.74) is 4.74. The Morgan fingerprint density at radius 1 is 0.792 bits per heavy atom. The van der Waals surface area contributed by atoms with Crippen molar-refractivity contribution >= 4 is 28.6 Å². The second-order valence-electron chi connectivity index (χ2n) is 5.75. The predicted molar refractivity (Wildman–Crippen MR) is 99.0 cm³/mol. The van der Waals surface area contributed by atoms with Crippen LogP contribution in [0, 0.1) is 0 Å². The Morgan fingerprint density at radius 3 is 2.42 bits per heavy atom. The van der Waals surface area contributed by atoms with Crippen LogP contribution in [-0.2, 0) is 0 Å². The summed E-state index contributed by atoms with van der Waals surface area (Å²) in [6.07, 6.45) is 6.38. The largest absolute Gasteiger partial charge is 0.497 e. The highest BCUT2D eigenvalue weighted by atomic mass is 16.5. The lowest BCUT2D eigenvalue weighted by atomic mass is 10.1. The van der Waals surface area contributed by atoms with Gasteiger partial charge in [-0.25, -0.2) is 0 Å². The van der Waals surface area contributed by atoms with Crippen molar-refractivity contribution in [1.82, 2.24) is 0 Å². The van der Waals surface area contributed by atoms with Gasteiger partial charge in [-0.15, -0.1) is 0 Å². The number of methoxy groups -OCH3 is 1. The first-order chi connectivity index (χ1) is 11.8. The first-order valence-electron chi connectivity index (χ1n) is 7.99. The van der Waals surface area contributed by atoms with Gasteiger partial charge in [-0.3, -0.25) is 0 Å². The monoisotopic (exact) mass is 312 g/mol. The minimum atomic E-state index is 0.876. The van der Waals surface area contributed by atoms with E-state index < -0.39 is 0 Å². The fraction of sp³-hybridized carbons (Fsp3) is 0.0455. The molecule has 2 heteroatoms. The molecule has 0 aliphatic heterocycles. The SMILES string of the molecule is COc1ccc(/C=C/c2cc[n+]3c(ccc4ccccc43)c2)cc1. The fourth-order valence-electron chi connectivity index (χ4n) is 2.92. The summed E-state index contributed by atoms with van der Waals surface area (Å²) in [5, 5.41) is 1.25. The van der Waals surface area contributed by atoms with Gasteiger partial charge in [0.2, 0.25) is 11.0 Å². The van der Waals surface area contributed by atoms with Gasteiger partial charge in [0.15, 0.2) is 6.20 Å². The lowest BCUT2D eigenvalue weighted by Crippen LogP contribution is -2.22. The molecule has 0 aliphatic carbocycles. The lowest BCUT2D eigenvalue weighted by Gasteiger charge is -2.00. The van der Waals surface area contributed by atoms with Gasteiger partial charge in [-0.1, -0.05) is 36.4 Å². The maximum atomic E-state index is 5.19. The summed E-state index contributed by atoms with van der Waals surface area (Å²) in [7, 11) is 1.68. The van der Waals surface area contributed by atoms with Gasteiger partial charge >= 0.3 is 0 Å². The molecule has 24 heavy (non-hydrogen) atoms. The molecule has 116 valence electrons. The van der Waals surface area contributed by atoms with E-state index in [1.54, 1.807) is 7.11 Å². The van der Waals surface area contributed by atoms with Gasteiger partial charge in [0, 0.05) is 29.7 Å². The van der Waals surface area contributed by atoms with Crippen molar-refractivity contribution in [1.29, 1.82) is 0 Å². The minimum Gasteiger partial charge on any atom is -0.497 e. The molecule has 0 unspecified atom stereocenters. The smallest absolute Gasteiger partial charge is 0.218 e. The van der Waals surface area contributed by atoms with Crippen LogP contribution in [0.4, 0.5) is 0 Å². The molecule has 0 N–H and O–H groups in total. The van der Waals surface area contributed by atoms with E-state index in [-0.39, 0.29) is 0 Å². The maximum absolute atomic E-state index is 5.19. The number of hydrogen-bond acceptors (Lipinski definition) is 1. The molecule has 2 aromatic carbocycles. The number of fused-ring (bicyclic) bond motifs is 3. The summed E-state index contributed by atoms with van der Waals surface area (Å²) in [6.45, 7) is 0. The number of benzene rings is 2. The van der Waals surface area contributed by atoms with Crippen LogP contribution in [0.1, 0.15) is 11.1 Å². The molecule has 0 bridgehead atoms. The number of ether oxygens (including phenoxy) is 1. The number of pyridine rings is 2. The van der Waals surface area contributed by atoms with Crippen LogP contribution in [0.25, 0.3) is 28.6 Å². The van der Waals surface area contributed by atoms with Crippen LogP contribution in [0.2, 0.25) is 0 Å². The van der Waals surface area contributed by atoms with E-state index in [0.717, 1.165) is 11.3 Å². The topological polar surface area (TPSA) is 13.3 Å². The zero-order valence-corrected chi connectivity index (χ0v) is 13.5. The van der Waals surface area contributed by atoms with Gasteiger partial charge < -0.3 is 4.74 Å². The summed E-state index contributed by atoms with van der Waals surface area (Å²) in [6, 6.07) is 25.2. The molecule has 0 radical (unpaired) electrons. The van der Waals surface area contributed by atoms with Crippen molar-refractivity contribution < 1.29 is 9.14 Å². The summed E-state index contributed by atoms with van der Waals surface area (Å²) < 4.78 is 7.41. The molecule has 0 saturated heterocycles. The van der Waals surface area contributed by atoms with Crippen LogP contribution in [0.5, 0.6) is 5.75 Å². The van der Waals surface area contributed by atoms with Crippen LogP contribution in [0.15, 0.2) is 79.0 Å². The van der Waals surface area contributed by atoms with E-state index in [1.807, 2.05) is 12.1 Å². The van der Waals surface area contributed by atoms with Crippen molar-refractivity contribution in [3.05, 3.63) is 90.1 Å². The van der Waals surface area contributed by atoms with E-state index in [0.29, 0.717) is 0 Å². The van der Waals surface area contributed by atoms with Gasteiger partial charge in [0.1, 0.15) is 5.75 Å². The van der Waals surface area contributed by atoms with E-state index in [1.165, 1.54) is 22.0 Å². The first-order valence-corrected chi connectivity index (χ1v) is 7.99. The minimum absolute atomic E-state index is 0.876. The molecule has 0 amide bonds. The quantitative estimate of drug-likeness (QED) is 0.393.